The number of hydrogen-bond acceptors (Lipinski definition) is 3. The van der Waals surface area contributed by atoms with Gasteiger partial charge in [-0.2, -0.15) is 4.31 Å². The molecular formula is C13H16FNO3S. The first-order valence-corrected chi connectivity index (χ1v) is 7.55. The lowest BCUT2D eigenvalue weighted by Gasteiger charge is -2.17. The van der Waals surface area contributed by atoms with Crippen molar-refractivity contribution < 1.29 is 17.5 Å². The van der Waals surface area contributed by atoms with Gasteiger partial charge in [0.05, 0.1) is 19.4 Å². The van der Waals surface area contributed by atoms with Crippen molar-refractivity contribution in [3.05, 3.63) is 30.1 Å². The highest BCUT2D eigenvalue weighted by atomic mass is 32.2. The lowest BCUT2D eigenvalue weighted by molar-refractivity contribution is 0.293. The number of ether oxygens (including phenoxy) is 1. The summed E-state index contributed by atoms with van der Waals surface area (Å²) in [4.78, 5) is 0. The molecular weight excluding hydrogens is 269 g/mol. The van der Waals surface area contributed by atoms with Gasteiger partial charge in [-0.1, -0.05) is 5.92 Å². The van der Waals surface area contributed by atoms with E-state index < -0.39 is 10.0 Å². The zero-order chi connectivity index (χ0) is 14.3. The molecule has 0 saturated carbocycles. The van der Waals surface area contributed by atoms with Gasteiger partial charge in [-0.05, 0) is 30.7 Å². The van der Waals surface area contributed by atoms with Gasteiger partial charge >= 0.3 is 0 Å². The van der Waals surface area contributed by atoms with Gasteiger partial charge in [0.25, 0.3) is 0 Å². The minimum absolute atomic E-state index is 0.0510. The molecule has 0 fully saturated rings. The predicted molar refractivity (Wildman–Crippen MR) is 71.8 cm³/mol. The van der Waals surface area contributed by atoms with Crippen LogP contribution in [0.2, 0.25) is 0 Å². The lowest BCUT2D eigenvalue weighted by Crippen LogP contribution is -2.32. The Morgan fingerprint density at radius 3 is 2.53 bits per heavy atom. The summed E-state index contributed by atoms with van der Waals surface area (Å²) in [6, 6.07) is 5.64. The molecule has 0 aliphatic heterocycles. The molecule has 1 aromatic carbocycles. The molecule has 0 aromatic heterocycles. The van der Waals surface area contributed by atoms with Crippen LogP contribution in [0.25, 0.3) is 0 Å². The second-order valence-electron chi connectivity index (χ2n) is 3.96. The molecule has 1 aromatic rings. The number of nitrogens with zero attached hydrogens (tertiary/aromatic N) is 1. The van der Waals surface area contributed by atoms with Crippen LogP contribution in [0.3, 0.4) is 0 Å². The summed E-state index contributed by atoms with van der Waals surface area (Å²) in [5.41, 5.74) is 0. The number of benzene rings is 1. The topological polar surface area (TPSA) is 46.6 Å². The van der Waals surface area contributed by atoms with E-state index in [1.165, 1.54) is 28.6 Å². The van der Waals surface area contributed by atoms with Crippen LogP contribution in [0, 0.1) is 18.2 Å². The highest BCUT2D eigenvalue weighted by molar-refractivity contribution is 7.88. The molecule has 6 heteroatoms. The molecule has 0 radical (unpaired) electrons. The molecule has 0 saturated heterocycles. The third kappa shape index (κ3) is 5.73. The number of hydrogen-bond donors (Lipinski definition) is 0. The van der Waals surface area contributed by atoms with E-state index in [1.54, 1.807) is 0 Å². The third-order valence-electron chi connectivity index (χ3n) is 2.37. The van der Waals surface area contributed by atoms with Crippen molar-refractivity contribution >= 4 is 10.0 Å². The standard InChI is InChI=1S/C13H16FNO3S/c1-3-9-15(19(2,16)17)10-4-11-18-13-7-5-12(14)6-8-13/h1,5-8H,4,9-11H2,2H3. The van der Waals surface area contributed by atoms with Crippen LogP contribution >= 0.6 is 0 Å². The maximum Gasteiger partial charge on any atom is 0.212 e. The molecule has 1 rings (SSSR count). The van der Waals surface area contributed by atoms with Gasteiger partial charge in [0.15, 0.2) is 0 Å². The van der Waals surface area contributed by atoms with E-state index >= 15 is 0 Å². The maximum atomic E-state index is 12.6. The Morgan fingerprint density at radius 1 is 1.37 bits per heavy atom. The summed E-state index contributed by atoms with van der Waals surface area (Å²) in [5.74, 6) is 2.52. The van der Waals surface area contributed by atoms with E-state index in [1.807, 2.05) is 0 Å². The second kappa shape index (κ2) is 7.12. The van der Waals surface area contributed by atoms with Crippen molar-refractivity contribution in [2.45, 2.75) is 6.42 Å². The Bertz CT molecular complexity index is 534. The maximum absolute atomic E-state index is 12.6. The highest BCUT2D eigenvalue weighted by Crippen LogP contribution is 2.11. The molecule has 0 aliphatic carbocycles. The molecule has 0 spiro atoms. The summed E-state index contributed by atoms with van der Waals surface area (Å²) in [6.07, 6.45) is 6.73. The number of terminal acetylenes is 1. The van der Waals surface area contributed by atoms with Crippen molar-refractivity contribution in [2.24, 2.45) is 0 Å². The largest absolute Gasteiger partial charge is 0.494 e. The molecule has 0 bridgehead atoms. The minimum Gasteiger partial charge on any atom is -0.494 e. The second-order valence-corrected chi connectivity index (χ2v) is 5.94. The Hall–Kier alpha value is -1.58. The van der Waals surface area contributed by atoms with E-state index in [-0.39, 0.29) is 12.4 Å². The molecule has 0 atom stereocenters. The van der Waals surface area contributed by atoms with Crippen molar-refractivity contribution in [2.75, 3.05) is 26.0 Å². The molecule has 0 unspecified atom stereocenters. The van der Waals surface area contributed by atoms with E-state index in [0.29, 0.717) is 25.3 Å². The lowest BCUT2D eigenvalue weighted by atomic mass is 10.3. The van der Waals surface area contributed by atoms with Gasteiger partial charge < -0.3 is 4.74 Å². The SMILES string of the molecule is C#CCN(CCCOc1ccc(F)cc1)S(C)(=O)=O. The fourth-order valence-corrected chi connectivity index (χ4v) is 2.20. The third-order valence-corrected chi connectivity index (χ3v) is 3.62. The van der Waals surface area contributed by atoms with Gasteiger partial charge in [0.2, 0.25) is 10.0 Å². The smallest absolute Gasteiger partial charge is 0.212 e. The zero-order valence-electron chi connectivity index (χ0n) is 10.7. The van der Waals surface area contributed by atoms with Crippen LogP contribution < -0.4 is 4.74 Å². The summed E-state index contributed by atoms with van der Waals surface area (Å²) in [6.45, 7) is 0.682. The van der Waals surface area contributed by atoms with E-state index in [4.69, 9.17) is 11.2 Å². The van der Waals surface area contributed by atoms with E-state index in [2.05, 4.69) is 5.92 Å². The van der Waals surface area contributed by atoms with Crippen LogP contribution in [-0.2, 0) is 10.0 Å². The first kappa shape index (κ1) is 15.5. The minimum atomic E-state index is -3.29. The molecule has 0 aliphatic rings. The normalized spacial score (nSPS) is 11.3. The monoisotopic (exact) mass is 285 g/mol. The van der Waals surface area contributed by atoms with Gasteiger partial charge in [-0.15, -0.1) is 6.42 Å². The van der Waals surface area contributed by atoms with Crippen LogP contribution in [0.15, 0.2) is 24.3 Å². The summed E-state index contributed by atoms with van der Waals surface area (Å²) < 4.78 is 42.0. The van der Waals surface area contributed by atoms with Crippen LogP contribution in [0.1, 0.15) is 6.42 Å². The van der Waals surface area contributed by atoms with Crippen LogP contribution in [0.4, 0.5) is 4.39 Å². The summed E-state index contributed by atoms with van der Waals surface area (Å²) in [5, 5.41) is 0. The van der Waals surface area contributed by atoms with Crippen LogP contribution in [-0.4, -0.2) is 38.7 Å². The fourth-order valence-electron chi connectivity index (χ4n) is 1.43. The molecule has 4 nitrogen and oxygen atoms in total. The highest BCUT2D eigenvalue weighted by Gasteiger charge is 2.14. The first-order chi connectivity index (χ1) is 8.93. The molecule has 0 N–H and O–H groups in total. The van der Waals surface area contributed by atoms with E-state index in [9.17, 15) is 12.8 Å². The molecule has 0 amide bonds. The average molecular weight is 285 g/mol. The zero-order valence-corrected chi connectivity index (χ0v) is 11.5. The number of rotatable bonds is 7. The quantitative estimate of drug-likeness (QED) is 0.563. The Labute approximate surface area is 113 Å². The number of sulfonamides is 1. The van der Waals surface area contributed by atoms with Crippen molar-refractivity contribution in [3.8, 4) is 18.1 Å². The molecule has 0 heterocycles. The van der Waals surface area contributed by atoms with Crippen molar-refractivity contribution in [1.82, 2.24) is 4.31 Å². The van der Waals surface area contributed by atoms with Gasteiger partial charge in [0.1, 0.15) is 11.6 Å². The van der Waals surface area contributed by atoms with Gasteiger partial charge in [-0.3, -0.25) is 0 Å². The van der Waals surface area contributed by atoms with Crippen molar-refractivity contribution in [3.63, 3.8) is 0 Å². The first-order valence-electron chi connectivity index (χ1n) is 5.70. The van der Waals surface area contributed by atoms with Gasteiger partial charge in [0, 0.05) is 6.54 Å². The molecule has 104 valence electrons. The Kier molecular flexibility index (Phi) is 5.80. The van der Waals surface area contributed by atoms with E-state index in [0.717, 1.165) is 6.26 Å². The average Bonchev–Trinajstić information content (AvgIpc) is 2.34. The predicted octanol–water partition coefficient (Wildman–Crippen LogP) is 1.49. The van der Waals surface area contributed by atoms with Crippen molar-refractivity contribution in [1.29, 1.82) is 0 Å². The summed E-state index contributed by atoms with van der Waals surface area (Å²) in [7, 11) is -3.29. The number of halogens is 1. The van der Waals surface area contributed by atoms with Gasteiger partial charge in [-0.25, -0.2) is 12.8 Å². The van der Waals surface area contributed by atoms with Crippen LogP contribution in [0.5, 0.6) is 5.75 Å². The summed E-state index contributed by atoms with van der Waals surface area (Å²) >= 11 is 0. The Morgan fingerprint density at radius 2 is 2.00 bits per heavy atom. The fraction of sp³-hybridized carbons (Fsp3) is 0.385. The molecule has 19 heavy (non-hydrogen) atoms. The Balaban J connectivity index is 2.37.